The number of allylic oxidation sites excluding steroid dienone is 3. The lowest BCUT2D eigenvalue weighted by Gasteiger charge is -2.14. The number of nitriles is 2. The standard InChI is InChI=1S/C38H23N3S/c39-22-24-16-26(20-28(18-24)30-11-7-12-34-33-10-3-6-15-37(33)42-38(30)34)27-17-25(23-40)19-29(21-27)41-35-13-4-1-8-31(35)32-9-2-5-14-36(32)41/h1-21,33,37H. The first-order chi connectivity index (χ1) is 20.7. The van der Waals surface area contributed by atoms with E-state index in [2.05, 4.69) is 108 Å². The average Bonchev–Trinajstić information content (AvgIpc) is 3.60. The Kier molecular flexibility index (Phi) is 5.64. The largest absolute Gasteiger partial charge is 0.309 e. The van der Waals surface area contributed by atoms with Crippen molar-refractivity contribution in [3.63, 3.8) is 0 Å². The highest BCUT2D eigenvalue weighted by Gasteiger charge is 2.32. The van der Waals surface area contributed by atoms with Gasteiger partial charge in [-0.05, 0) is 76.3 Å². The van der Waals surface area contributed by atoms with Gasteiger partial charge in [-0.15, -0.1) is 11.8 Å². The highest BCUT2D eigenvalue weighted by Crippen LogP contribution is 2.52. The van der Waals surface area contributed by atoms with Crippen molar-refractivity contribution in [1.29, 1.82) is 10.5 Å². The first-order valence-corrected chi connectivity index (χ1v) is 14.8. The lowest BCUT2D eigenvalue weighted by atomic mass is 9.89. The molecule has 0 saturated heterocycles. The fraction of sp³-hybridized carbons (Fsp3) is 0.0526. The van der Waals surface area contributed by atoms with Gasteiger partial charge in [0.15, 0.2) is 0 Å². The van der Waals surface area contributed by atoms with Gasteiger partial charge in [0.05, 0.1) is 34.3 Å². The minimum atomic E-state index is 0.370. The minimum Gasteiger partial charge on any atom is -0.309 e. The second-order valence-electron chi connectivity index (χ2n) is 10.8. The van der Waals surface area contributed by atoms with Gasteiger partial charge in [0.1, 0.15) is 0 Å². The summed E-state index contributed by atoms with van der Waals surface area (Å²) in [4.78, 5) is 1.28. The number of para-hydroxylation sites is 2. The van der Waals surface area contributed by atoms with Crippen molar-refractivity contribution < 1.29 is 0 Å². The van der Waals surface area contributed by atoms with E-state index >= 15 is 0 Å². The quantitative estimate of drug-likeness (QED) is 0.219. The Morgan fingerprint density at radius 3 is 2.00 bits per heavy atom. The van der Waals surface area contributed by atoms with E-state index in [0.717, 1.165) is 39.0 Å². The topological polar surface area (TPSA) is 52.5 Å². The zero-order valence-corrected chi connectivity index (χ0v) is 23.3. The van der Waals surface area contributed by atoms with Crippen molar-refractivity contribution in [3.05, 3.63) is 144 Å². The molecule has 6 aromatic rings. The molecule has 0 N–H and O–H groups in total. The number of nitrogens with zero attached hydrogens (tertiary/aromatic N) is 3. The summed E-state index contributed by atoms with van der Waals surface area (Å²) in [5.74, 6) is 0.370. The van der Waals surface area contributed by atoms with Crippen LogP contribution in [-0.4, -0.2) is 9.82 Å². The Morgan fingerprint density at radius 1 is 0.619 bits per heavy atom. The van der Waals surface area contributed by atoms with Crippen molar-refractivity contribution in [2.45, 2.75) is 16.1 Å². The van der Waals surface area contributed by atoms with Gasteiger partial charge >= 0.3 is 0 Å². The molecule has 5 aromatic carbocycles. The molecule has 1 aromatic heterocycles. The number of benzene rings is 5. The lowest BCUT2D eigenvalue weighted by molar-refractivity contribution is 0.881. The molecule has 8 rings (SSSR count). The van der Waals surface area contributed by atoms with E-state index in [1.807, 2.05) is 48.2 Å². The summed E-state index contributed by atoms with van der Waals surface area (Å²) in [5.41, 5.74) is 9.60. The first-order valence-electron chi connectivity index (χ1n) is 14.0. The molecule has 2 heterocycles. The molecule has 0 saturated carbocycles. The summed E-state index contributed by atoms with van der Waals surface area (Å²) in [6.45, 7) is 0. The number of aromatic nitrogens is 1. The summed E-state index contributed by atoms with van der Waals surface area (Å²) < 4.78 is 2.23. The molecule has 1 aliphatic heterocycles. The second kappa shape index (κ2) is 9.67. The minimum absolute atomic E-state index is 0.370. The lowest BCUT2D eigenvalue weighted by Crippen LogP contribution is -2.06. The molecule has 0 spiro atoms. The zero-order chi connectivity index (χ0) is 28.2. The van der Waals surface area contributed by atoms with Crippen molar-refractivity contribution >= 4 is 33.6 Å². The molecule has 42 heavy (non-hydrogen) atoms. The van der Waals surface area contributed by atoms with Crippen molar-refractivity contribution in [2.24, 2.45) is 0 Å². The highest BCUT2D eigenvalue weighted by atomic mass is 32.2. The van der Waals surface area contributed by atoms with E-state index in [1.54, 1.807) is 0 Å². The number of fused-ring (bicyclic) bond motifs is 6. The third-order valence-electron chi connectivity index (χ3n) is 8.33. The van der Waals surface area contributed by atoms with Crippen LogP contribution in [0.1, 0.15) is 22.6 Å². The van der Waals surface area contributed by atoms with E-state index < -0.39 is 0 Å². The van der Waals surface area contributed by atoms with Crippen LogP contribution in [0.15, 0.2) is 132 Å². The maximum atomic E-state index is 10.1. The van der Waals surface area contributed by atoms with Crippen LogP contribution in [0.2, 0.25) is 0 Å². The molecular formula is C38H23N3S. The highest BCUT2D eigenvalue weighted by molar-refractivity contribution is 8.00. The maximum absolute atomic E-state index is 10.1. The fourth-order valence-corrected chi connectivity index (χ4v) is 7.96. The number of hydrogen-bond acceptors (Lipinski definition) is 3. The summed E-state index contributed by atoms with van der Waals surface area (Å²) in [6.07, 6.45) is 8.83. The molecule has 0 radical (unpaired) electrons. The second-order valence-corrected chi connectivity index (χ2v) is 12.0. The maximum Gasteiger partial charge on any atom is 0.0992 e. The molecule has 0 bridgehead atoms. The van der Waals surface area contributed by atoms with E-state index in [-0.39, 0.29) is 0 Å². The SMILES string of the molecule is N#Cc1cc(-c2cc(C#N)cc(-n3c4ccccc4c4ccccc43)c2)cc(-c2cccc3c2SC2C=CC=CC32)c1. The predicted molar refractivity (Wildman–Crippen MR) is 172 cm³/mol. The van der Waals surface area contributed by atoms with Crippen LogP contribution in [0, 0.1) is 22.7 Å². The van der Waals surface area contributed by atoms with Gasteiger partial charge in [-0.25, -0.2) is 0 Å². The molecule has 4 heteroatoms. The molecule has 2 atom stereocenters. The Balaban J connectivity index is 1.32. The van der Waals surface area contributed by atoms with Crippen molar-refractivity contribution in [1.82, 2.24) is 4.57 Å². The summed E-state index contributed by atoms with van der Waals surface area (Å²) >= 11 is 1.90. The van der Waals surface area contributed by atoms with Gasteiger partial charge in [0, 0.05) is 32.5 Å². The van der Waals surface area contributed by atoms with Gasteiger partial charge in [-0.2, -0.15) is 10.5 Å². The average molecular weight is 554 g/mol. The van der Waals surface area contributed by atoms with E-state index in [4.69, 9.17) is 0 Å². The monoisotopic (exact) mass is 553 g/mol. The predicted octanol–water partition coefficient (Wildman–Crippen LogP) is 9.54. The van der Waals surface area contributed by atoms with Crippen LogP contribution in [0.3, 0.4) is 0 Å². The third-order valence-corrected chi connectivity index (χ3v) is 9.75. The number of rotatable bonds is 3. The smallest absolute Gasteiger partial charge is 0.0992 e. The Labute approximate surface area is 248 Å². The Hall–Kier alpha value is -5.29. The third kappa shape index (κ3) is 3.81. The van der Waals surface area contributed by atoms with Crippen LogP contribution in [0.4, 0.5) is 0 Å². The van der Waals surface area contributed by atoms with E-state index in [0.29, 0.717) is 22.3 Å². The normalized spacial score (nSPS) is 16.7. The van der Waals surface area contributed by atoms with E-state index in [1.165, 1.54) is 21.2 Å². The van der Waals surface area contributed by atoms with Crippen LogP contribution in [-0.2, 0) is 0 Å². The van der Waals surface area contributed by atoms with Crippen LogP contribution < -0.4 is 0 Å². The molecule has 196 valence electrons. The molecule has 2 unspecified atom stereocenters. The van der Waals surface area contributed by atoms with Crippen LogP contribution in [0.25, 0.3) is 49.7 Å². The van der Waals surface area contributed by atoms with E-state index in [9.17, 15) is 10.5 Å². The molecule has 0 fully saturated rings. The molecule has 0 amide bonds. The Morgan fingerprint density at radius 2 is 1.26 bits per heavy atom. The Bertz CT molecular complexity index is 2170. The molecule has 3 nitrogen and oxygen atoms in total. The van der Waals surface area contributed by atoms with Crippen molar-refractivity contribution in [2.75, 3.05) is 0 Å². The number of hydrogen-bond donors (Lipinski definition) is 0. The zero-order valence-electron chi connectivity index (χ0n) is 22.5. The van der Waals surface area contributed by atoms with Crippen molar-refractivity contribution in [3.8, 4) is 40.1 Å². The van der Waals surface area contributed by atoms with Gasteiger partial charge in [0.25, 0.3) is 0 Å². The summed E-state index contributed by atoms with van der Waals surface area (Å²) in [6, 6.07) is 40.1. The molecule has 2 aliphatic rings. The number of thioether (sulfide) groups is 1. The molecule has 1 aliphatic carbocycles. The van der Waals surface area contributed by atoms with Crippen LogP contribution in [0.5, 0.6) is 0 Å². The first kappa shape index (κ1) is 24.5. The van der Waals surface area contributed by atoms with Crippen LogP contribution >= 0.6 is 11.8 Å². The van der Waals surface area contributed by atoms with Gasteiger partial charge in [-0.1, -0.05) is 78.9 Å². The van der Waals surface area contributed by atoms with Gasteiger partial charge in [-0.3, -0.25) is 0 Å². The summed E-state index contributed by atoms with van der Waals surface area (Å²) in [5, 5.41) is 22.9. The van der Waals surface area contributed by atoms with Gasteiger partial charge < -0.3 is 4.57 Å². The fourth-order valence-electron chi connectivity index (χ4n) is 6.48. The van der Waals surface area contributed by atoms with Gasteiger partial charge in [0.2, 0.25) is 0 Å². The summed E-state index contributed by atoms with van der Waals surface area (Å²) in [7, 11) is 0. The molecular weight excluding hydrogens is 531 g/mol.